The summed E-state index contributed by atoms with van der Waals surface area (Å²) in [6, 6.07) is 0. The molecule has 0 spiro atoms. The third kappa shape index (κ3) is 48.5. The number of ether oxygens (including phenoxy) is 3. The maximum absolute atomic E-state index is 12.8. The maximum atomic E-state index is 12.8. The average molecular weight is 841 g/mol. The molecule has 0 rings (SSSR count). The van der Waals surface area contributed by atoms with Crippen molar-refractivity contribution >= 4 is 11.9 Å². The first-order valence-corrected chi connectivity index (χ1v) is 26.2. The van der Waals surface area contributed by atoms with Crippen LogP contribution in [-0.4, -0.2) is 37.9 Å². The van der Waals surface area contributed by atoms with Gasteiger partial charge in [0, 0.05) is 19.4 Å². The molecule has 0 radical (unpaired) electrons. The molecule has 0 aliphatic carbocycles. The Hall–Kier alpha value is -2.14. The monoisotopic (exact) mass is 841 g/mol. The molecule has 0 amide bonds. The zero-order valence-electron chi connectivity index (χ0n) is 40.2. The van der Waals surface area contributed by atoms with Gasteiger partial charge in [0.2, 0.25) is 0 Å². The standard InChI is InChI=1S/C55H100O5/c1-4-7-10-13-16-19-22-24-26-28-29-31-34-36-39-42-45-48-54(56)59-52-53(60-55(57)49-46-43-40-37-33-21-18-15-12-9-6-3)51-58-50-47-44-41-38-35-32-30-27-25-23-20-17-14-11-8-5-2/h7,10,16,19,24-27,53H,4-6,8-9,11-15,17-18,20-23,28-52H2,1-3H3/b10-7-,19-16-,26-24-,27-25-. The predicted molar refractivity (Wildman–Crippen MR) is 261 cm³/mol. The van der Waals surface area contributed by atoms with Gasteiger partial charge in [0.15, 0.2) is 6.10 Å². The number of unbranched alkanes of at least 4 members (excludes halogenated alkanes) is 29. The number of rotatable bonds is 48. The Morgan fingerprint density at radius 2 is 0.750 bits per heavy atom. The number of hydrogen-bond acceptors (Lipinski definition) is 5. The van der Waals surface area contributed by atoms with Crippen molar-refractivity contribution in [2.45, 2.75) is 271 Å². The van der Waals surface area contributed by atoms with E-state index >= 15 is 0 Å². The summed E-state index contributed by atoms with van der Waals surface area (Å²) < 4.78 is 17.4. The molecule has 0 aromatic carbocycles. The topological polar surface area (TPSA) is 61.8 Å². The molecular formula is C55H100O5. The van der Waals surface area contributed by atoms with Gasteiger partial charge in [-0.3, -0.25) is 9.59 Å². The molecule has 1 atom stereocenters. The highest BCUT2D eigenvalue weighted by Gasteiger charge is 2.17. The van der Waals surface area contributed by atoms with Gasteiger partial charge < -0.3 is 14.2 Å². The lowest BCUT2D eigenvalue weighted by atomic mass is 10.1. The highest BCUT2D eigenvalue weighted by molar-refractivity contribution is 5.70. The van der Waals surface area contributed by atoms with Crippen LogP contribution in [0.1, 0.15) is 265 Å². The smallest absolute Gasteiger partial charge is 0.306 e. The molecule has 0 heterocycles. The summed E-state index contributed by atoms with van der Waals surface area (Å²) in [5.41, 5.74) is 0. The Labute approximate surface area is 373 Å². The van der Waals surface area contributed by atoms with Crippen molar-refractivity contribution in [1.82, 2.24) is 0 Å². The summed E-state index contributed by atoms with van der Waals surface area (Å²) >= 11 is 0. The molecule has 0 N–H and O–H groups in total. The Kier molecular flexibility index (Phi) is 49.4. The minimum atomic E-state index is -0.539. The van der Waals surface area contributed by atoms with E-state index in [2.05, 4.69) is 69.4 Å². The number of carbonyl (C=O) groups is 2. The fourth-order valence-corrected chi connectivity index (χ4v) is 7.46. The number of carbonyl (C=O) groups excluding carboxylic acids is 2. The normalized spacial score (nSPS) is 12.5. The van der Waals surface area contributed by atoms with E-state index in [-0.39, 0.29) is 25.2 Å². The summed E-state index contributed by atoms with van der Waals surface area (Å²) in [7, 11) is 0. The predicted octanol–water partition coefficient (Wildman–Crippen LogP) is 17.6. The van der Waals surface area contributed by atoms with Crippen LogP contribution in [0.3, 0.4) is 0 Å². The van der Waals surface area contributed by atoms with Crippen molar-refractivity contribution in [3.63, 3.8) is 0 Å². The summed E-state index contributed by atoms with van der Waals surface area (Å²) in [6.45, 7) is 7.72. The second-order valence-corrected chi connectivity index (χ2v) is 17.4. The van der Waals surface area contributed by atoms with Crippen LogP contribution in [-0.2, 0) is 23.8 Å². The second kappa shape index (κ2) is 51.2. The van der Waals surface area contributed by atoms with Crippen LogP contribution in [0, 0.1) is 0 Å². The Bertz CT molecular complexity index is 997. The van der Waals surface area contributed by atoms with E-state index < -0.39 is 6.10 Å². The minimum absolute atomic E-state index is 0.0806. The van der Waals surface area contributed by atoms with Crippen molar-refractivity contribution in [2.75, 3.05) is 19.8 Å². The zero-order chi connectivity index (χ0) is 43.5. The molecule has 0 aromatic rings. The summed E-state index contributed by atoms with van der Waals surface area (Å²) in [5.74, 6) is -0.402. The number of esters is 2. The molecule has 0 saturated carbocycles. The van der Waals surface area contributed by atoms with Gasteiger partial charge in [0.1, 0.15) is 6.61 Å². The Morgan fingerprint density at radius 3 is 1.22 bits per heavy atom. The Balaban J connectivity index is 4.23. The number of hydrogen-bond donors (Lipinski definition) is 0. The van der Waals surface area contributed by atoms with Crippen molar-refractivity contribution < 1.29 is 23.8 Å². The molecule has 0 saturated heterocycles. The van der Waals surface area contributed by atoms with Crippen molar-refractivity contribution in [3.05, 3.63) is 48.6 Å². The number of allylic oxidation sites excluding steroid dienone is 8. The molecule has 0 bridgehead atoms. The quantitative estimate of drug-likeness (QED) is 0.0347. The first-order valence-electron chi connectivity index (χ1n) is 26.2. The van der Waals surface area contributed by atoms with E-state index in [1.165, 1.54) is 161 Å². The first kappa shape index (κ1) is 57.9. The van der Waals surface area contributed by atoms with Gasteiger partial charge in [-0.15, -0.1) is 0 Å². The summed E-state index contributed by atoms with van der Waals surface area (Å²) in [6.07, 6.45) is 62.6. The van der Waals surface area contributed by atoms with Gasteiger partial charge >= 0.3 is 11.9 Å². The highest BCUT2D eigenvalue weighted by atomic mass is 16.6. The van der Waals surface area contributed by atoms with Gasteiger partial charge in [-0.05, 0) is 77.0 Å². The van der Waals surface area contributed by atoms with Gasteiger partial charge in [0.25, 0.3) is 0 Å². The molecule has 5 nitrogen and oxygen atoms in total. The van der Waals surface area contributed by atoms with E-state index in [9.17, 15) is 9.59 Å². The minimum Gasteiger partial charge on any atom is -0.462 e. The average Bonchev–Trinajstić information content (AvgIpc) is 3.25. The van der Waals surface area contributed by atoms with Crippen LogP contribution < -0.4 is 0 Å². The van der Waals surface area contributed by atoms with Gasteiger partial charge in [-0.2, -0.15) is 0 Å². The van der Waals surface area contributed by atoms with E-state index in [0.29, 0.717) is 19.4 Å². The zero-order valence-corrected chi connectivity index (χ0v) is 40.2. The van der Waals surface area contributed by atoms with Gasteiger partial charge in [0.05, 0.1) is 6.61 Å². The van der Waals surface area contributed by atoms with Crippen LogP contribution >= 0.6 is 0 Å². The third-order valence-corrected chi connectivity index (χ3v) is 11.3. The van der Waals surface area contributed by atoms with E-state index in [1.807, 2.05) is 0 Å². The lowest BCUT2D eigenvalue weighted by Crippen LogP contribution is -2.30. The third-order valence-electron chi connectivity index (χ3n) is 11.3. The summed E-state index contributed by atoms with van der Waals surface area (Å²) in [4.78, 5) is 25.4. The molecule has 0 aliphatic heterocycles. The Morgan fingerprint density at radius 1 is 0.383 bits per heavy atom. The SMILES string of the molecule is CC/C=C\C/C=C\C/C=C\CCCCCCCCCC(=O)OCC(COCCCCCCCC/C=C\CCCCCCCC)OC(=O)CCCCCCCCCCCCC. The van der Waals surface area contributed by atoms with Crippen LogP contribution in [0.5, 0.6) is 0 Å². The van der Waals surface area contributed by atoms with Crippen LogP contribution in [0.2, 0.25) is 0 Å². The molecule has 1 unspecified atom stereocenters. The lowest BCUT2D eigenvalue weighted by molar-refractivity contribution is -0.163. The highest BCUT2D eigenvalue weighted by Crippen LogP contribution is 2.15. The van der Waals surface area contributed by atoms with E-state index in [1.54, 1.807) is 0 Å². The molecule has 0 aliphatic rings. The van der Waals surface area contributed by atoms with Gasteiger partial charge in [-0.25, -0.2) is 0 Å². The largest absolute Gasteiger partial charge is 0.462 e. The maximum Gasteiger partial charge on any atom is 0.306 e. The summed E-state index contributed by atoms with van der Waals surface area (Å²) in [5, 5.41) is 0. The van der Waals surface area contributed by atoms with Crippen molar-refractivity contribution in [1.29, 1.82) is 0 Å². The molecule has 60 heavy (non-hydrogen) atoms. The van der Waals surface area contributed by atoms with E-state index in [4.69, 9.17) is 14.2 Å². The van der Waals surface area contributed by atoms with Crippen molar-refractivity contribution in [2.24, 2.45) is 0 Å². The fourth-order valence-electron chi connectivity index (χ4n) is 7.46. The van der Waals surface area contributed by atoms with Crippen LogP contribution in [0.4, 0.5) is 0 Å². The van der Waals surface area contributed by atoms with Crippen molar-refractivity contribution in [3.8, 4) is 0 Å². The molecule has 350 valence electrons. The van der Waals surface area contributed by atoms with Crippen LogP contribution in [0.25, 0.3) is 0 Å². The second-order valence-electron chi connectivity index (χ2n) is 17.4. The van der Waals surface area contributed by atoms with Crippen LogP contribution in [0.15, 0.2) is 48.6 Å². The van der Waals surface area contributed by atoms with E-state index in [0.717, 1.165) is 70.6 Å². The molecular weight excluding hydrogens is 741 g/mol. The molecule has 5 heteroatoms. The molecule has 0 fully saturated rings. The fraction of sp³-hybridized carbons (Fsp3) is 0.818. The first-order chi connectivity index (χ1) is 29.6. The van der Waals surface area contributed by atoms with Gasteiger partial charge in [-0.1, -0.05) is 223 Å². The lowest BCUT2D eigenvalue weighted by Gasteiger charge is -2.18. The molecule has 0 aromatic heterocycles.